The number of carbonyl (C=O) groups is 1. The second-order valence-electron chi connectivity index (χ2n) is 3.01. The molecule has 1 aromatic rings. The van der Waals surface area contributed by atoms with Gasteiger partial charge in [0.2, 0.25) is 0 Å². The Balaban J connectivity index is 3.19. The van der Waals surface area contributed by atoms with Gasteiger partial charge in [0.05, 0.1) is 12.8 Å². The lowest BCUT2D eigenvalue weighted by molar-refractivity contribution is 0.0592. The van der Waals surface area contributed by atoms with Gasteiger partial charge < -0.3 is 9.72 Å². The molecule has 0 aromatic carbocycles. The highest BCUT2D eigenvalue weighted by Crippen LogP contribution is 2.13. The Hall–Kier alpha value is -1.52. The van der Waals surface area contributed by atoms with Crippen LogP contribution >= 0.6 is 0 Å². The van der Waals surface area contributed by atoms with E-state index in [9.17, 15) is 9.59 Å². The van der Waals surface area contributed by atoms with Crippen molar-refractivity contribution in [3.63, 3.8) is 0 Å². The van der Waals surface area contributed by atoms with Crippen LogP contribution in [0.4, 0.5) is 0 Å². The fourth-order valence-corrected chi connectivity index (χ4v) is 1.09. The minimum absolute atomic E-state index is 0.0769. The molecule has 0 aliphatic rings. The summed E-state index contributed by atoms with van der Waals surface area (Å²) in [5.41, 5.74) is 0.406. The van der Waals surface area contributed by atoms with E-state index in [-0.39, 0.29) is 17.3 Å². The van der Waals surface area contributed by atoms with Crippen LogP contribution in [0.25, 0.3) is 0 Å². The molecule has 0 saturated carbocycles. The van der Waals surface area contributed by atoms with Crippen molar-refractivity contribution in [2.45, 2.75) is 19.8 Å². The van der Waals surface area contributed by atoms with Crippen molar-refractivity contribution in [1.29, 1.82) is 0 Å². The summed E-state index contributed by atoms with van der Waals surface area (Å²) in [6, 6.07) is 0. The van der Waals surface area contributed by atoms with E-state index in [1.807, 2.05) is 13.8 Å². The number of nitrogens with one attached hydrogen (secondary N) is 2. The Morgan fingerprint density at radius 2 is 2.00 bits per heavy atom. The molecule has 0 aliphatic carbocycles. The molecule has 2 N–H and O–H groups in total. The van der Waals surface area contributed by atoms with Crippen LogP contribution in [0.3, 0.4) is 0 Å². The summed E-state index contributed by atoms with van der Waals surface area (Å²) in [5, 5.41) is 0. The maximum absolute atomic E-state index is 11.1. The molecule has 1 heterocycles. The molecule has 0 spiro atoms. The highest BCUT2D eigenvalue weighted by atomic mass is 16.5. The van der Waals surface area contributed by atoms with Crippen molar-refractivity contribution in [2.75, 3.05) is 7.11 Å². The fourth-order valence-electron chi connectivity index (χ4n) is 1.09. The van der Waals surface area contributed by atoms with E-state index < -0.39 is 5.97 Å². The SMILES string of the molecule is COC(=O)c1[nH]c(=O)[nH]c1C(C)C. The zero-order valence-electron chi connectivity index (χ0n) is 7.80. The van der Waals surface area contributed by atoms with Gasteiger partial charge in [0.1, 0.15) is 5.69 Å². The third kappa shape index (κ3) is 1.80. The average molecular weight is 184 g/mol. The van der Waals surface area contributed by atoms with Gasteiger partial charge in [-0.15, -0.1) is 0 Å². The quantitative estimate of drug-likeness (QED) is 0.661. The van der Waals surface area contributed by atoms with E-state index >= 15 is 0 Å². The highest BCUT2D eigenvalue weighted by molar-refractivity contribution is 5.88. The minimum Gasteiger partial charge on any atom is -0.464 e. The van der Waals surface area contributed by atoms with Gasteiger partial charge >= 0.3 is 11.7 Å². The number of rotatable bonds is 2. The van der Waals surface area contributed by atoms with Gasteiger partial charge in [-0.3, -0.25) is 4.98 Å². The van der Waals surface area contributed by atoms with Gasteiger partial charge in [0.15, 0.2) is 0 Å². The second kappa shape index (κ2) is 3.47. The smallest absolute Gasteiger partial charge is 0.356 e. The standard InChI is InChI=1S/C8H12N2O3/c1-4(2)5-6(7(11)13-3)10-8(12)9-5/h4H,1-3H3,(H2,9,10,12). The summed E-state index contributed by atoms with van der Waals surface area (Å²) < 4.78 is 4.51. The van der Waals surface area contributed by atoms with Gasteiger partial charge in [-0.2, -0.15) is 0 Å². The third-order valence-electron chi connectivity index (χ3n) is 1.72. The molecule has 13 heavy (non-hydrogen) atoms. The molecule has 0 fully saturated rings. The highest BCUT2D eigenvalue weighted by Gasteiger charge is 2.17. The van der Waals surface area contributed by atoms with Gasteiger partial charge in [-0.05, 0) is 5.92 Å². The molecule has 0 saturated heterocycles. The first-order valence-corrected chi connectivity index (χ1v) is 3.96. The number of aromatic nitrogens is 2. The van der Waals surface area contributed by atoms with E-state index in [4.69, 9.17) is 0 Å². The van der Waals surface area contributed by atoms with Gasteiger partial charge in [0.25, 0.3) is 0 Å². The first-order valence-electron chi connectivity index (χ1n) is 3.96. The van der Waals surface area contributed by atoms with Gasteiger partial charge in [-0.25, -0.2) is 9.59 Å². The summed E-state index contributed by atoms with van der Waals surface area (Å²) in [5.74, 6) is -0.449. The lowest BCUT2D eigenvalue weighted by Crippen LogP contribution is -2.07. The first-order chi connectivity index (χ1) is 6.06. The number of imidazole rings is 1. The number of H-pyrrole nitrogens is 2. The lowest BCUT2D eigenvalue weighted by Gasteiger charge is -2.03. The molecule has 0 radical (unpaired) electrons. The Bertz CT molecular complexity index is 362. The van der Waals surface area contributed by atoms with Crippen molar-refractivity contribution >= 4 is 5.97 Å². The molecule has 0 atom stereocenters. The zero-order valence-corrected chi connectivity index (χ0v) is 7.80. The number of methoxy groups -OCH3 is 1. The molecule has 0 aliphatic heterocycles. The number of carbonyl (C=O) groups excluding carboxylic acids is 1. The Kier molecular flexibility index (Phi) is 2.55. The number of hydrogen-bond donors (Lipinski definition) is 2. The molecule has 5 nitrogen and oxygen atoms in total. The van der Waals surface area contributed by atoms with Crippen LogP contribution in [0.5, 0.6) is 0 Å². The maximum Gasteiger partial charge on any atom is 0.356 e. The van der Waals surface area contributed by atoms with Crippen LogP contribution in [0, 0.1) is 0 Å². The van der Waals surface area contributed by atoms with Crippen LogP contribution in [0.1, 0.15) is 35.9 Å². The molecular weight excluding hydrogens is 172 g/mol. The van der Waals surface area contributed by atoms with Crippen molar-refractivity contribution in [1.82, 2.24) is 9.97 Å². The lowest BCUT2D eigenvalue weighted by atomic mass is 10.1. The van der Waals surface area contributed by atoms with E-state index in [0.717, 1.165) is 0 Å². The summed E-state index contributed by atoms with van der Waals surface area (Å²) in [6.45, 7) is 3.76. The Morgan fingerprint density at radius 1 is 1.38 bits per heavy atom. The normalized spacial score (nSPS) is 10.5. The average Bonchev–Trinajstić information content (AvgIpc) is 2.46. The fraction of sp³-hybridized carbons (Fsp3) is 0.500. The predicted octanol–water partition coefficient (Wildman–Crippen LogP) is 0.613. The second-order valence-corrected chi connectivity index (χ2v) is 3.01. The summed E-state index contributed by atoms with van der Waals surface area (Å²) in [4.78, 5) is 27.0. The summed E-state index contributed by atoms with van der Waals surface area (Å²) in [7, 11) is 1.28. The van der Waals surface area contributed by atoms with Crippen LogP contribution in [-0.4, -0.2) is 23.0 Å². The number of esters is 1. The number of hydrogen-bond acceptors (Lipinski definition) is 3. The maximum atomic E-state index is 11.1. The summed E-state index contributed by atoms with van der Waals surface area (Å²) in [6.07, 6.45) is 0. The van der Waals surface area contributed by atoms with Crippen LogP contribution in [0.15, 0.2) is 4.79 Å². The summed E-state index contributed by atoms with van der Waals surface area (Å²) >= 11 is 0. The molecule has 0 unspecified atom stereocenters. The van der Waals surface area contributed by atoms with E-state index in [2.05, 4.69) is 14.7 Å². The molecule has 1 rings (SSSR count). The molecule has 5 heteroatoms. The van der Waals surface area contributed by atoms with Crippen LogP contribution in [-0.2, 0) is 4.74 Å². The number of aromatic amines is 2. The van der Waals surface area contributed by atoms with Crippen molar-refractivity contribution < 1.29 is 9.53 Å². The largest absolute Gasteiger partial charge is 0.464 e. The zero-order chi connectivity index (χ0) is 10.0. The van der Waals surface area contributed by atoms with E-state index in [0.29, 0.717) is 5.69 Å². The monoisotopic (exact) mass is 184 g/mol. The Morgan fingerprint density at radius 3 is 2.46 bits per heavy atom. The van der Waals surface area contributed by atoms with E-state index in [1.54, 1.807) is 0 Å². The molecule has 72 valence electrons. The van der Waals surface area contributed by atoms with Crippen molar-refractivity contribution in [3.8, 4) is 0 Å². The van der Waals surface area contributed by atoms with Gasteiger partial charge in [0, 0.05) is 0 Å². The molecule has 0 bridgehead atoms. The molecule has 0 amide bonds. The van der Waals surface area contributed by atoms with Gasteiger partial charge in [-0.1, -0.05) is 13.8 Å². The first kappa shape index (κ1) is 9.57. The molecular formula is C8H12N2O3. The topological polar surface area (TPSA) is 75.0 Å². The third-order valence-corrected chi connectivity index (χ3v) is 1.72. The van der Waals surface area contributed by atoms with E-state index in [1.165, 1.54) is 7.11 Å². The predicted molar refractivity (Wildman–Crippen MR) is 46.8 cm³/mol. The van der Waals surface area contributed by atoms with Crippen LogP contribution in [0.2, 0.25) is 0 Å². The van der Waals surface area contributed by atoms with Crippen molar-refractivity contribution in [2.24, 2.45) is 0 Å². The Labute approximate surface area is 75.1 Å². The minimum atomic E-state index is -0.526. The number of ether oxygens (including phenoxy) is 1. The molecule has 1 aromatic heterocycles. The van der Waals surface area contributed by atoms with Crippen molar-refractivity contribution in [3.05, 3.63) is 21.9 Å². The van der Waals surface area contributed by atoms with Crippen LogP contribution < -0.4 is 5.69 Å².